The SMILES string of the molecule is CSCC(C)CNC(C)c1ccc(OC(C)C)cc1. The number of rotatable bonds is 8. The summed E-state index contributed by atoms with van der Waals surface area (Å²) < 4.78 is 5.66. The topological polar surface area (TPSA) is 21.3 Å². The van der Waals surface area contributed by atoms with Gasteiger partial charge < -0.3 is 10.1 Å². The van der Waals surface area contributed by atoms with Crippen LogP contribution in [0.4, 0.5) is 0 Å². The lowest BCUT2D eigenvalue weighted by Crippen LogP contribution is -2.25. The minimum atomic E-state index is 0.230. The molecule has 2 atom stereocenters. The first kappa shape index (κ1) is 16.4. The first-order valence-electron chi connectivity index (χ1n) is 7.01. The van der Waals surface area contributed by atoms with Crippen LogP contribution in [0.3, 0.4) is 0 Å². The maximum Gasteiger partial charge on any atom is 0.119 e. The highest BCUT2D eigenvalue weighted by atomic mass is 32.2. The molecule has 0 spiro atoms. The Balaban J connectivity index is 2.46. The second-order valence-corrected chi connectivity index (χ2v) is 6.34. The van der Waals surface area contributed by atoms with Crippen molar-refractivity contribution in [2.45, 2.75) is 39.8 Å². The lowest BCUT2D eigenvalue weighted by Gasteiger charge is -2.18. The molecular formula is C16H27NOS. The van der Waals surface area contributed by atoms with Crippen LogP contribution >= 0.6 is 11.8 Å². The summed E-state index contributed by atoms with van der Waals surface area (Å²) in [6.07, 6.45) is 2.39. The molecule has 0 bridgehead atoms. The molecule has 0 amide bonds. The predicted molar refractivity (Wildman–Crippen MR) is 86.2 cm³/mol. The molecule has 0 fully saturated rings. The monoisotopic (exact) mass is 281 g/mol. The Morgan fingerprint density at radius 2 is 1.74 bits per heavy atom. The van der Waals surface area contributed by atoms with Gasteiger partial charge in [-0.3, -0.25) is 0 Å². The van der Waals surface area contributed by atoms with Crippen LogP contribution in [-0.2, 0) is 0 Å². The van der Waals surface area contributed by atoms with E-state index in [0.29, 0.717) is 12.0 Å². The summed E-state index contributed by atoms with van der Waals surface area (Å²) in [5.74, 6) is 2.86. The van der Waals surface area contributed by atoms with Crippen LogP contribution in [0.15, 0.2) is 24.3 Å². The van der Waals surface area contributed by atoms with Gasteiger partial charge in [-0.1, -0.05) is 19.1 Å². The van der Waals surface area contributed by atoms with Crippen molar-refractivity contribution >= 4 is 11.8 Å². The van der Waals surface area contributed by atoms with Gasteiger partial charge in [-0.15, -0.1) is 0 Å². The summed E-state index contributed by atoms with van der Waals surface area (Å²) >= 11 is 1.91. The molecule has 0 saturated heterocycles. The molecule has 2 nitrogen and oxygen atoms in total. The van der Waals surface area contributed by atoms with E-state index in [1.807, 2.05) is 25.6 Å². The van der Waals surface area contributed by atoms with Crippen LogP contribution in [0.25, 0.3) is 0 Å². The molecule has 1 rings (SSSR count). The van der Waals surface area contributed by atoms with Crippen LogP contribution in [0.5, 0.6) is 5.75 Å². The van der Waals surface area contributed by atoms with Crippen molar-refractivity contribution in [3.8, 4) is 5.75 Å². The maximum absolute atomic E-state index is 5.66. The van der Waals surface area contributed by atoms with Gasteiger partial charge in [-0.05, 0) is 62.9 Å². The zero-order chi connectivity index (χ0) is 14.3. The second kappa shape index (κ2) is 8.49. The normalized spacial score (nSPS) is 14.4. The van der Waals surface area contributed by atoms with E-state index in [0.717, 1.165) is 12.3 Å². The first-order chi connectivity index (χ1) is 9.02. The fourth-order valence-electron chi connectivity index (χ4n) is 1.95. The van der Waals surface area contributed by atoms with E-state index in [-0.39, 0.29) is 6.10 Å². The Morgan fingerprint density at radius 3 is 2.26 bits per heavy atom. The van der Waals surface area contributed by atoms with Gasteiger partial charge in [0, 0.05) is 6.04 Å². The summed E-state index contributed by atoms with van der Waals surface area (Å²) in [5, 5.41) is 3.59. The molecule has 19 heavy (non-hydrogen) atoms. The van der Waals surface area contributed by atoms with E-state index >= 15 is 0 Å². The number of ether oxygens (including phenoxy) is 1. The first-order valence-corrected chi connectivity index (χ1v) is 8.41. The fraction of sp³-hybridized carbons (Fsp3) is 0.625. The highest BCUT2D eigenvalue weighted by Crippen LogP contribution is 2.18. The van der Waals surface area contributed by atoms with E-state index in [1.54, 1.807) is 0 Å². The lowest BCUT2D eigenvalue weighted by atomic mass is 10.1. The van der Waals surface area contributed by atoms with E-state index in [4.69, 9.17) is 4.74 Å². The van der Waals surface area contributed by atoms with Gasteiger partial charge in [0.25, 0.3) is 0 Å². The molecule has 1 N–H and O–H groups in total. The molecular weight excluding hydrogens is 254 g/mol. The van der Waals surface area contributed by atoms with Crippen molar-refractivity contribution in [3.05, 3.63) is 29.8 Å². The molecule has 0 saturated carbocycles. The smallest absolute Gasteiger partial charge is 0.119 e. The lowest BCUT2D eigenvalue weighted by molar-refractivity contribution is 0.242. The van der Waals surface area contributed by atoms with Crippen LogP contribution in [-0.4, -0.2) is 24.7 Å². The third kappa shape index (κ3) is 6.35. The van der Waals surface area contributed by atoms with Crippen molar-refractivity contribution in [2.75, 3.05) is 18.6 Å². The number of hydrogen-bond acceptors (Lipinski definition) is 3. The Labute approximate surface area is 122 Å². The molecule has 0 aromatic heterocycles. The van der Waals surface area contributed by atoms with Gasteiger partial charge in [-0.25, -0.2) is 0 Å². The molecule has 1 aromatic carbocycles. The molecule has 108 valence electrons. The molecule has 3 heteroatoms. The summed E-state index contributed by atoms with van der Waals surface area (Å²) in [6.45, 7) is 9.66. The molecule has 0 radical (unpaired) electrons. The van der Waals surface area contributed by atoms with E-state index in [1.165, 1.54) is 11.3 Å². The largest absolute Gasteiger partial charge is 0.491 e. The average molecular weight is 281 g/mol. The van der Waals surface area contributed by atoms with Crippen molar-refractivity contribution in [3.63, 3.8) is 0 Å². The Hall–Kier alpha value is -0.670. The summed E-state index contributed by atoms with van der Waals surface area (Å²) in [5.41, 5.74) is 1.31. The summed E-state index contributed by atoms with van der Waals surface area (Å²) in [4.78, 5) is 0. The third-order valence-electron chi connectivity index (χ3n) is 2.98. The minimum absolute atomic E-state index is 0.230. The zero-order valence-corrected chi connectivity index (χ0v) is 13.6. The van der Waals surface area contributed by atoms with E-state index < -0.39 is 0 Å². The van der Waals surface area contributed by atoms with Crippen molar-refractivity contribution in [1.29, 1.82) is 0 Å². The van der Waals surface area contributed by atoms with Gasteiger partial charge in [0.1, 0.15) is 5.75 Å². The van der Waals surface area contributed by atoms with Crippen molar-refractivity contribution in [1.82, 2.24) is 5.32 Å². The predicted octanol–water partition coefficient (Wildman–Crippen LogP) is 4.12. The van der Waals surface area contributed by atoms with E-state index in [9.17, 15) is 0 Å². The van der Waals surface area contributed by atoms with Crippen molar-refractivity contribution in [2.24, 2.45) is 5.92 Å². The van der Waals surface area contributed by atoms with Gasteiger partial charge in [-0.2, -0.15) is 11.8 Å². The van der Waals surface area contributed by atoms with Gasteiger partial charge in [0.15, 0.2) is 0 Å². The Kier molecular flexibility index (Phi) is 7.32. The Morgan fingerprint density at radius 1 is 1.11 bits per heavy atom. The van der Waals surface area contributed by atoms with Crippen LogP contribution in [0.2, 0.25) is 0 Å². The van der Waals surface area contributed by atoms with Crippen molar-refractivity contribution < 1.29 is 4.74 Å². The summed E-state index contributed by atoms with van der Waals surface area (Å²) in [7, 11) is 0. The molecule has 0 aliphatic carbocycles. The number of thioether (sulfide) groups is 1. The average Bonchev–Trinajstić information content (AvgIpc) is 2.36. The highest BCUT2D eigenvalue weighted by molar-refractivity contribution is 7.98. The molecule has 0 aliphatic rings. The van der Waals surface area contributed by atoms with Crippen LogP contribution < -0.4 is 10.1 Å². The second-order valence-electron chi connectivity index (χ2n) is 5.43. The van der Waals surface area contributed by atoms with Gasteiger partial charge in [0.05, 0.1) is 6.10 Å². The zero-order valence-electron chi connectivity index (χ0n) is 12.8. The molecule has 2 unspecified atom stereocenters. The summed E-state index contributed by atoms with van der Waals surface area (Å²) in [6, 6.07) is 8.79. The molecule has 0 aliphatic heterocycles. The standard InChI is InChI=1S/C16H27NOS/c1-12(2)18-16-8-6-15(7-9-16)14(4)17-10-13(3)11-19-5/h6-9,12-14,17H,10-11H2,1-5H3. The van der Waals surface area contributed by atoms with Crippen LogP contribution in [0, 0.1) is 5.92 Å². The fourth-order valence-corrected chi connectivity index (χ4v) is 2.63. The Bertz CT molecular complexity index is 350. The third-order valence-corrected chi connectivity index (χ3v) is 3.88. The maximum atomic E-state index is 5.66. The number of hydrogen-bond donors (Lipinski definition) is 1. The minimum Gasteiger partial charge on any atom is -0.491 e. The quantitative estimate of drug-likeness (QED) is 0.774. The molecule has 0 heterocycles. The van der Waals surface area contributed by atoms with Gasteiger partial charge in [0.2, 0.25) is 0 Å². The number of nitrogens with one attached hydrogen (secondary N) is 1. The molecule has 1 aromatic rings. The highest BCUT2D eigenvalue weighted by Gasteiger charge is 2.07. The van der Waals surface area contributed by atoms with Gasteiger partial charge >= 0.3 is 0 Å². The van der Waals surface area contributed by atoms with E-state index in [2.05, 4.69) is 49.7 Å². The van der Waals surface area contributed by atoms with Crippen LogP contribution in [0.1, 0.15) is 39.3 Å². The number of benzene rings is 1.